The predicted octanol–water partition coefficient (Wildman–Crippen LogP) is 5.37. The fraction of sp³-hybridized carbons (Fsp3) is 0.194. The number of ketones is 1. The Hall–Kier alpha value is -4.20. The molecule has 2 aliphatic rings. The zero-order chi connectivity index (χ0) is 27.5. The number of aryl methyl sites for hydroxylation is 2. The molecular formula is C31H25ClN2O5. The summed E-state index contributed by atoms with van der Waals surface area (Å²) in [5, 5.41) is 25.0. The number of aliphatic hydroxyl groups is 1. The molecule has 4 aromatic rings. The van der Waals surface area contributed by atoms with Crippen molar-refractivity contribution in [2.45, 2.75) is 26.0 Å². The third-order valence-electron chi connectivity index (χ3n) is 7.34. The molecule has 0 aliphatic carbocycles. The zero-order valence-corrected chi connectivity index (χ0v) is 22.1. The van der Waals surface area contributed by atoms with E-state index in [1.165, 1.54) is 0 Å². The molecule has 1 atom stereocenters. The van der Waals surface area contributed by atoms with Gasteiger partial charge in [-0.05, 0) is 56.7 Å². The minimum absolute atomic E-state index is 0.0368. The van der Waals surface area contributed by atoms with Crippen molar-refractivity contribution in [3.63, 3.8) is 0 Å². The van der Waals surface area contributed by atoms with Gasteiger partial charge in [-0.1, -0.05) is 53.1 Å². The van der Waals surface area contributed by atoms with E-state index in [0.29, 0.717) is 41.0 Å². The van der Waals surface area contributed by atoms with Crippen LogP contribution in [0, 0.1) is 13.8 Å². The minimum atomic E-state index is -1.98. The van der Waals surface area contributed by atoms with Gasteiger partial charge >= 0.3 is 5.63 Å². The van der Waals surface area contributed by atoms with Crippen molar-refractivity contribution in [3.8, 4) is 5.75 Å². The van der Waals surface area contributed by atoms with E-state index >= 15 is 0 Å². The van der Waals surface area contributed by atoms with Gasteiger partial charge in [-0.2, -0.15) is 0 Å². The van der Waals surface area contributed by atoms with Gasteiger partial charge in [0.05, 0.1) is 11.0 Å². The molecule has 0 saturated carbocycles. The van der Waals surface area contributed by atoms with Crippen LogP contribution >= 0.6 is 11.6 Å². The van der Waals surface area contributed by atoms with Gasteiger partial charge in [0.1, 0.15) is 22.7 Å². The fourth-order valence-electron chi connectivity index (χ4n) is 5.42. The van der Waals surface area contributed by atoms with E-state index in [0.717, 1.165) is 11.1 Å². The molecule has 0 radical (unpaired) electrons. The van der Waals surface area contributed by atoms with Gasteiger partial charge in [-0.15, -0.1) is 0 Å². The van der Waals surface area contributed by atoms with Gasteiger partial charge in [0, 0.05) is 34.8 Å². The van der Waals surface area contributed by atoms with Gasteiger partial charge in [-0.3, -0.25) is 9.79 Å². The quantitative estimate of drug-likeness (QED) is 0.266. The molecular weight excluding hydrogens is 516 g/mol. The van der Waals surface area contributed by atoms with E-state index in [1.54, 1.807) is 59.5 Å². The third kappa shape index (κ3) is 3.88. The zero-order valence-electron chi connectivity index (χ0n) is 21.4. The smallest absolute Gasteiger partial charge is 0.347 e. The molecule has 3 heterocycles. The molecule has 196 valence electrons. The highest BCUT2D eigenvalue weighted by Gasteiger charge is 2.54. The highest BCUT2D eigenvalue weighted by atomic mass is 35.5. The number of halogens is 1. The first-order valence-electron chi connectivity index (χ1n) is 12.6. The second kappa shape index (κ2) is 9.22. The number of rotatable bonds is 4. The van der Waals surface area contributed by atoms with Crippen molar-refractivity contribution in [2.24, 2.45) is 4.99 Å². The maximum absolute atomic E-state index is 14.2. The van der Waals surface area contributed by atoms with E-state index in [4.69, 9.17) is 16.0 Å². The average Bonchev–Trinajstić information content (AvgIpc) is 3.19. The summed E-state index contributed by atoms with van der Waals surface area (Å²) in [6.07, 6.45) is 0.630. The first-order chi connectivity index (χ1) is 18.7. The Labute approximate surface area is 229 Å². The molecule has 1 aromatic heterocycles. The van der Waals surface area contributed by atoms with E-state index in [2.05, 4.69) is 4.99 Å². The maximum Gasteiger partial charge on any atom is 0.347 e. The van der Waals surface area contributed by atoms with Crippen LogP contribution in [-0.2, 0) is 5.72 Å². The van der Waals surface area contributed by atoms with Gasteiger partial charge in [0.15, 0.2) is 11.5 Å². The maximum atomic E-state index is 14.2. The lowest BCUT2D eigenvalue weighted by atomic mass is 9.85. The minimum Gasteiger partial charge on any atom is -0.506 e. The summed E-state index contributed by atoms with van der Waals surface area (Å²) in [5.74, 6) is -0.562. The van der Waals surface area contributed by atoms with Crippen molar-refractivity contribution in [3.05, 3.63) is 116 Å². The van der Waals surface area contributed by atoms with E-state index < -0.39 is 17.1 Å². The summed E-state index contributed by atoms with van der Waals surface area (Å²) in [6, 6.07) is 18.6. The molecule has 1 unspecified atom stereocenters. The second-order valence-electron chi connectivity index (χ2n) is 9.95. The molecule has 2 N–H and O–H groups in total. The normalized spacial score (nSPS) is 18.9. The number of Topliss-reactive ketones (excluding diaryl/α,β-unsaturated/α-hetero) is 1. The Morgan fingerprint density at radius 2 is 1.72 bits per heavy atom. The van der Waals surface area contributed by atoms with Crippen LogP contribution in [0.5, 0.6) is 5.75 Å². The number of fused-ring (bicyclic) bond motifs is 2. The summed E-state index contributed by atoms with van der Waals surface area (Å²) in [7, 11) is 0. The Morgan fingerprint density at radius 1 is 1.03 bits per heavy atom. The van der Waals surface area contributed by atoms with Crippen LogP contribution in [-0.4, -0.2) is 39.8 Å². The van der Waals surface area contributed by atoms with Crippen LogP contribution in [0.3, 0.4) is 0 Å². The van der Waals surface area contributed by atoms with Crippen LogP contribution < -0.4 is 5.63 Å². The molecule has 0 bridgehead atoms. The third-order valence-corrected chi connectivity index (χ3v) is 7.59. The fourth-order valence-corrected chi connectivity index (χ4v) is 5.55. The summed E-state index contributed by atoms with van der Waals surface area (Å²) in [6.45, 7) is 4.60. The molecule has 0 saturated heterocycles. The Kier molecular flexibility index (Phi) is 5.93. The van der Waals surface area contributed by atoms with Crippen LogP contribution in [0.15, 0.2) is 86.5 Å². The number of aliphatic imine (C=N–C) groups is 1. The van der Waals surface area contributed by atoms with E-state index in [1.807, 2.05) is 26.0 Å². The van der Waals surface area contributed by atoms with Crippen LogP contribution in [0.4, 0.5) is 0 Å². The van der Waals surface area contributed by atoms with E-state index in [9.17, 15) is 19.8 Å². The van der Waals surface area contributed by atoms with Gasteiger partial charge in [-0.25, -0.2) is 4.79 Å². The average molecular weight is 541 g/mol. The first kappa shape index (κ1) is 25.1. The monoisotopic (exact) mass is 540 g/mol. The molecule has 0 spiro atoms. The number of benzene rings is 3. The standard InChI is InChI=1S/C31H25ClN2O5/c1-17-4-9-20(10-5-17)31(38)26(25-28(36)22-16-18(2)6-13-23(22)39-30(25)37)24(29-33-14-3-15-34(29)31)27(35)19-7-11-21(32)12-8-19/h4-13,16,36,38H,3,14-15H2,1-2H3. The first-order valence-corrected chi connectivity index (χ1v) is 13.0. The Morgan fingerprint density at radius 3 is 2.44 bits per heavy atom. The van der Waals surface area contributed by atoms with Crippen molar-refractivity contribution in [1.29, 1.82) is 0 Å². The molecule has 0 amide bonds. The number of carbonyl (C=O) groups excluding carboxylic acids is 1. The van der Waals surface area contributed by atoms with Gasteiger partial charge in [0.2, 0.25) is 0 Å². The molecule has 39 heavy (non-hydrogen) atoms. The summed E-state index contributed by atoms with van der Waals surface area (Å²) < 4.78 is 5.64. The van der Waals surface area contributed by atoms with Crippen LogP contribution in [0.1, 0.15) is 39.0 Å². The highest BCUT2D eigenvalue weighted by Crippen LogP contribution is 2.51. The number of nitrogens with zero attached hydrogens (tertiary/aromatic N) is 2. The van der Waals surface area contributed by atoms with E-state index in [-0.39, 0.29) is 33.9 Å². The lowest BCUT2D eigenvalue weighted by Gasteiger charge is -2.39. The van der Waals surface area contributed by atoms with Crippen molar-refractivity contribution < 1.29 is 19.4 Å². The number of hydrogen-bond acceptors (Lipinski definition) is 7. The SMILES string of the molecule is Cc1ccc(C2(O)C(c3c(O)c4cc(C)ccc4oc3=O)=C(C(=O)c3ccc(Cl)cc3)C3=NCCCN32)cc1. The van der Waals surface area contributed by atoms with Gasteiger partial charge in [0.25, 0.3) is 0 Å². The molecule has 8 heteroatoms. The van der Waals surface area contributed by atoms with Crippen molar-refractivity contribution in [1.82, 2.24) is 4.90 Å². The lowest BCUT2D eigenvalue weighted by Crippen LogP contribution is -2.48. The number of carbonyl (C=O) groups is 1. The predicted molar refractivity (Wildman–Crippen MR) is 150 cm³/mol. The molecule has 0 fully saturated rings. The lowest BCUT2D eigenvalue weighted by molar-refractivity contribution is -0.0168. The summed E-state index contributed by atoms with van der Waals surface area (Å²) >= 11 is 6.08. The topological polar surface area (TPSA) is 103 Å². The summed E-state index contributed by atoms with van der Waals surface area (Å²) in [4.78, 5) is 34.1. The summed E-state index contributed by atoms with van der Waals surface area (Å²) in [5.41, 5.74) is -0.397. The number of hydrogen-bond donors (Lipinski definition) is 2. The molecule has 6 rings (SSSR count). The molecule has 3 aromatic carbocycles. The van der Waals surface area contributed by atoms with Gasteiger partial charge < -0.3 is 19.5 Å². The second-order valence-corrected chi connectivity index (χ2v) is 10.4. The number of amidine groups is 1. The van der Waals surface area contributed by atoms with Crippen LogP contribution in [0.25, 0.3) is 16.5 Å². The molecule has 2 aliphatic heterocycles. The largest absolute Gasteiger partial charge is 0.506 e. The Balaban J connectivity index is 1.74. The molecule has 7 nitrogen and oxygen atoms in total. The van der Waals surface area contributed by atoms with Crippen molar-refractivity contribution >= 4 is 39.8 Å². The Bertz CT molecular complexity index is 1770. The van der Waals surface area contributed by atoms with Crippen LogP contribution in [0.2, 0.25) is 5.02 Å². The number of aromatic hydroxyl groups is 1. The van der Waals surface area contributed by atoms with Crippen molar-refractivity contribution in [2.75, 3.05) is 13.1 Å². The highest BCUT2D eigenvalue weighted by molar-refractivity contribution is 6.35.